The highest BCUT2D eigenvalue weighted by atomic mass is 32.1. The van der Waals surface area contributed by atoms with E-state index in [-0.39, 0.29) is 0 Å². The van der Waals surface area contributed by atoms with E-state index in [1.165, 1.54) is 10.6 Å². The number of pyridine rings is 1. The fourth-order valence-electron chi connectivity index (χ4n) is 1.84. The Morgan fingerprint density at radius 3 is 2.83 bits per heavy atom. The van der Waals surface area contributed by atoms with Crippen LogP contribution >= 0.6 is 11.3 Å². The van der Waals surface area contributed by atoms with Gasteiger partial charge in [-0.2, -0.15) is 0 Å². The van der Waals surface area contributed by atoms with Crippen LogP contribution in [-0.4, -0.2) is 16.5 Å². The fourth-order valence-corrected chi connectivity index (χ4v) is 2.50. The molecule has 0 radical (unpaired) electrons. The molecule has 3 nitrogen and oxygen atoms in total. The summed E-state index contributed by atoms with van der Waals surface area (Å²) in [7, 11) is 0. The Balaban J connectivity index is 2.11. The lowest BCUT2D eigenvalue weighted by Gasteiger charge is -2.17. The lowest BCUT2D eigenvalue weighted by atomic mass is 10.1. The quantitative estimate of drug-likeness (QED) is 0.868. The van der Waals surface area contributed by atoms with Crippen LogP contribution in [-0.2, 0) is 6.42 Å². The smallest absolute Gasteiger partial charge is 0.0943 e. The second kappa shape index (κ2) is 6.61. The lowest BCUT2D eigenvalue weighted by molar-refractivity contribution is 0.527. The third kappa shape index (κ3) is 3.62. The maximum Gasteiger partial charge on any atom is 0.0943 e. The Labute approximate surface area is 112 Å². The zero-order chi connectivity index (χ0) is 12.8. The molecule has 2 aromatic rings. The molecular formula is C14H19N3S. The third-order valence-corrected chi connectivity index (χ3v) is 3.64. The maximum absolute atomic E-state index is 4.38. The van der Waals surface area contributed by atoms with Gasteiger partial charge in [-0.15, -0.1) is 11.3 Å². The normalized spacial score (nSPS) is 12.6. The molecular weight excluding hydrogens is 242 g/mol. The molecule has 0 fully saturated rings. The molecule has 2 aromatic heterocycles. The van der Waals surface area contributed by atoms with Gasteiger partial charge in [0, 0.05) is 35.9 Å². The maximum atomic E-state index is 4.38. The van der Waals surface area contributed by atoms with E-state index in [2.05, 4.69) is 34.3 Å². The van der Waals surface area contributed by atoms with Crippen LogP contribution in [0.4, 0.5) is 0 Å². The molecule has 96 valence electrons. The van der Waals surface area contributed by atoms with Crippen LogP contribution in [0.5, 0.6) is 0 Å². The first-order valence-corrected chi connectivity index (χ1v) is 7.22. The van der Waals surface area contributed by atoms with Crippen molar-refractivity contribution in [1.29, 1.82) is 0 Å². The number of nitrogens with zero attached hydrogens (tertiary/aromatic N) is 2. The number of aryl methyl sites for hydroxylation is 1. The summed E-state index contributed by atoms with van der Waals surface area (Å²) in [5, 5.41) is 6.77. The molecule has 1 N–H and O–H groups in total. The van der Waals surface area contributed by atoms with Gasteiger partial charge in [-0.3, -0.25) is 4.98 Å². The molecule has 18 heavy (non-hydrogen) atoms. The molecule has 4 heteroatoms. The molecule has 0 aromatic carbocycles. The average molecular weight is 261 g/mol. The molecule has 0 bridgehead atoms. The summed E-state index contributed by atoms with van der Waals surface area (Å²) >= 11 is 1.71. The highest BCUT2D eigenvalue weighted by Gasteiger charge is 2.13. The first-order valence-electron chi connectivity index (χ1n) is 6.34. The topological polar surface area (TPSA) is 37.8 Å². The zero-order valence-corrected chi connectivity index (χ0v) is 11.7. The van der Waals surface area contributed by atoms with Crippen LogP contribution in [0.2, 0.25) is 0 Å². The molecule has 0 amide bonds. The minimum Gasteiger partial charge on any atom is -0.310 e. The standard InChI is InChI=1S/C14H19N3S/c1-3-6-15-13(9-14-16-7-8-18-14)12-5-4-11(2)17-10-12/h4-5,7-8,10,13,15H,3,6,9H2,1-2H3. The van der Waals surface area contributed by atoms with Gasteiger partial charge in [0.1, 0.15) is 0 Å². The Kier molecular flexibility index (Phi) is 4.84. The number of aromatic nitrogens is 2. The van der Waals surface area contributed by atoms with Gasteiger partial charge in [0.05, 0.1) is 5.01 Å². The number of hydrogen-bond acceptors (Lipinski definition) is 4. The first kappa shape index (κ1) is 13.2. The van der Waals surface area contributed by atoms with Crippen molar-refractivity contribution in [3.05, 3.63) is 46.2 Å². The summed E-state index contributed by atoms with van der Waals surface area (Å²) in [5.41, 5.74) is 2.30. The molecule has 0 spiro atoms. The van der Waals surface area contributed by atoms with Crippen molar-refractivity contribution >= 4 is 11.3 Å². The van der Waals surface area contributed by atoms with Gasteiger partial charge >= 0.3 is 0 Å². The van der Waals surface area contributed by atoms with E-state index in [4.69, 9.17) is 0 Å². The van der Waals surface area contributed by atoms with E-state index in [0.717, 1.165) is 25.1 Å². The van der Waals surface area contributed by atoms with Gasteiger partial charge in [-0.1, -0.05) is 13.0 Å². The highest BCUT2D eigenvalue weighted by molar-refractivity contribution is 7.09. The SMILES string of the molecule is CCCNC(Cc1nccs1)c1ccc(C)nc1. The Morgan fingerprint density at radius 2 is 2.22 bits per heavy atom. The molecule has 2 rings (SSSR count). The lowest BCUT2D eigenvalue weighted by Crippen LogP contribution is -2.24. The van der Waals surface area contributed by atoms with E-state index in [1.807, 2.05) is 24.7 Å². The van der Waals surface area contributed by atoms with Crippen molar-refractivity contribution in [2.75, 3.05) is 6.54 Å². The van der Waals surface area contributed by atoms with Gasteiger partial charge in [0.2, 0.25) is 0 Å². The molecule has 2 heterocycles. The van der Waals surface area contributed by atoms with E-state index in [9.17, 15) is 0 Å². The summed E-state index contributed by atoms with van der Waals surface area (Å²) in [6, 6.07) is 4.53. The van der Waals surface area contributed by atoms with E-state index >= 15 is 0 Å². The molecule has 1 unspecified atom stereocenters. The van der Waals surface area contributed by atoms with Gasteiger partial charge in [0.15, 0.2) is 0 Å². The number of nitrogens with one attached hydrogen (secondary N) is 1. The van der Waals surface area contributed by atoms with Crippen LogP contribution in [0.15, 0.2) is 29.9 Å². The van der Waals surface area contributed by atoms with Crippen molar-refractivity contribution in [2.24, 2.45) is 0 Å². The molecule has 1 atom stereocenters. The van der Waals surface area contributed by atoms with E-state index in [1.54, 1.807) is 11.3 Å². The van der Waals surface area contributed by atoms with Crippen LogP contribution in [0.25, 0.3) is 0 Å². The predicted octanol–water partition coefficient (Wildman–Crippen LogP) is 3.13. The second-order valence-corrected chi connectivity index (χ2v) is 5.35. The molecule has 0 aliphatic heterocycles. The Bertz CT molecular complexity index is 450. The zero-order valence-electron chi connectivity index (χ0n) is 10.9. The molecule has 0 saturated carbocycles. The van der Waals surface area contributed by atoms with Crippen molar-refractivity contribution in [1.82, 2.24) is 15.3 Å². The number of hydrogen-bond donors (Lipinski definition) is 1. The van der Waals surface area contributed by atoms with Crippen molar-refractivity contribution < 1.29 is 0 Å². The van der Waals surface area contributed by atoms with Crippen molar-refractivity contribution in [2.45, 2.75) is 32.7 Å². The van der Waals surface area contributed by atoms with Crippen LogP contribution in [0.3, 0.4) is 0 Å². The van der Waals surface area contributed by atoms with Crippen LogP contribution < -0.4 is 5.32 Å². The largest absolute Gasteiger partial charge is 0.310 e. The minimum absolute atomic E-state index is 0.309. The van der Waals surface area contributed by atoms with Gasteiger partial charge < -0.3 is 5.32 Å². The van der Waals surface area contributed by atoms with Crippen molar-refractivity contribution in [3.63, 3.8) is 0 Å². The Hall–Kier alpha value is -1.26. The fraction of sp³-hybridized carbons (Fsp3) is 0.429. The molecule has 0 aliphatic carbocycles. The molecule has 0 aliphatic rings. The summed E-state index contributed by atoms with van der Waals surface area (Å²) in [6.45, 7) is 5.21. The first-order chi connectivity index (χ1) is 8.79. The second-order valence-electron chi connectivity index (χ2n) is 4.37. The number of rotatable bonds is 6. The molecule has 0 saturated heterocycles. The third-order valence-electron chi connectivity index (χ3n) is 2.84. The monoisotopic (exact) mass is 261 g/mol. The average Bonchev–Trinajstić information content (AvgIpc) is 2.88. The van der Waals surface area contributed by atoms with Gasteiger partial charge in [-0.05, 0) is 31.5 Å². The highest BCUT2D eigenvalue weighted by Crippen LogP contribution is 2.19. The van der Waals surface area contributed by atoms with E-state index in [0.29, 0.717) is 6.04 Å². The van der Waals surface area contributed by atoms with Crippen LogP contribution in [0.1, 0.15) is 35.7 Å². The van der Waals surface area contributed by atoms with Gasteiger partial charge in [-0.25, -0.2) is 4.98 Å². The van der Waals surface area contributed by atoms with E-state index < -0.39 is 0 Å². The predicted molar refractivity (Wildman–Crippen MR) is 75.8 cm³/mol. The summed E-state index contributed by atoms with van der Waals surface area (Å²) in [5.74, 6) is 0. The summed E-state index contributed by atoms with van der Waals surface area (Å²) < 4.78 is 0. The van der Waals surface area contributed by atoms with Gasteiger partial charge in [0.25, 0.3) is 0 Å². The summed E-state index contributed by atoms with van der Waals surface area (Å²) in [4.78, 5) is 8.75. The number of thiazole rings is 1. The van der Waals surface area contributed by atoms with Crippen LogP contribution in [0, 0.1) is 6.92 Å². The minimum atomic E-state index is 0.309. The van der Waals surface area contributed by atoms with Crippen molar-refractivity contribution in [3.8, 4) is 0 Å². The summed E-state index contributed by atoms with van der Waals surface area (Å²) in [6.07, 6.45) is 5.90. The Morgan fingerprint density at radius 1 is 1.33 bits per heavy atom.